The van der Waals surface area contributed by atoms with Gasteiger partial charge in [0.2, 0.25) is 11.9 Å². The number of likely N-dealkylation sites (tertiary alicyclic amines) is 1. The number of nitrogens with zero attached hydrogens (tertiary/aromatic N) is 4. The van der Waals surface area contributed by atoms with Crippen molar-refractivity contribution in [2.45, 2.75) is 76.7 Å². The fourth-order valence-electron chi connectivity index (χ4n) is 6.68. The third-order valence-corrected chi connectivity index (χ3v) is 8.77. The number of methoxy groups -OCH3 is 1. The minimum Gasteiger partial charge on any atom is -0.496 e. The Morgan fingerprint density at radius 1 is 1.05 bits per heavy atom. The van der Waals surface area contributed by atoms with E-state index in [1.807, 2.05) is 24.3 Å². The number of aromatic carboxylic acids is 1. The lowest BCUT2D eigenvalue weighted by Crippen LogP contribution is -2.45. The predicted octanol–water partition coefficient (Wildman–Crippen LogP) is 4.76. The highest BCUT2D eigenvalue weighted by molar-refractivity contribution is 5.88. The molecule has 3 heterocycles. The Morgan fingerprint density at radius 3 is 2.63 bits per heavy atom. The molecule has 1 amide bonds. The molecule has 2 atom stereocenters. The van der Waals surface area contributed by atoms with Crippen molar-refractivity contribution in [1.29, 1.82) is 0 Å². The number of benzene rings is 1. The number of para-hydroxylation sites is 1. The van der Waals surface area contributed by atoms with Crippen LogP contribution in [0.1, 0.15) is 79.4 Å². The van der Waals surface area contributed by atoms with Crippen molar-refractivity contribution in [3.8, 4) is 5.75 Å². The van der Waals surface area contributed by atoms with E-state index in [1.165, 1.54) is 38.3 Å². The third kappa shape index (κ3) is 5.94. The maximum absolute atomic E-state index is 13.5. The van der Waals surface area contributed by atoms with Gasteiger partial charge in [-0.05, 0) is 43.6 Å². The molecule has 1 aliphatic carbocycles. The molecule has 204 valence electrons. The standard InChI is InChI=1S/C30H40N4O4/c1-38-27-13-6-5-11-22(27)17-28(35)34-16-8-7-12-23-19-33(20-26(23)34)30-31-18-24(29(36)37)25(32-30)15-14-21-9-3-2-4-10-21/h5-6,11,13,18,21,23,26H,2-4,7-10,12,14-17,19-20H2,1H3,(H,36,37)/t23-,26+/m0/s1. The average Bonchev–Trinajstić information content (AvgIpc) is 3.26. The second-order valence-corrected chi connectivity index (χ2v) is 11.2. The molecule has 8 heteroatoms. The van der Waals surface area contributed by atoms with Gasteiger partial charge in [-0.1, -0.05) is 56.7 Å². The molecule has 0 unspecified atom stereocenters. The molecular weight excluding hydrogens is 480 g/mol. The molecule has 3 aliphatic rings. The smallest absolute Gasteiger partial charge is 0.339 e. The molecule has 38 heavy (non-hydrogen) atoms. The number of carboxylic acids is 1. The van der Waals surface area contributed by atoms with Gasteiger partial charge in [0.1, 0.15) is 5.75 Å². The summed E-state index contributed by atoms with van der Waals surface area (Å²) in [5.41, 5.74) is 1.77. The van der Waals surface area contributed by atoms with Crippen molar-refractivity contribution >= 4 is 17.8 Å². The quantitative estimate of drug-likeness (QED) is 0.536. The van der Waals surface area contributed by atoms with Crippen LogP contribution in [0.3, 0.4) is 0 Å². The molecule has 1 aromatic heterocycles. The summed E-state index contributed by atoms with van der Waals surface area (Å²) in [5, 5.41) is 9.77. The second kappa shape index (κ2) is 12.1. The second-order valence-electron chi connectivity index (χ2n) is 11.2. The van der Waals surface area contributed by atoms with E-state index in [0.717, 1.165) is 50.1 Å². The van der Waals surface area contributed by atoms with Crippen molar-refractivity contribution in [2.24, 2.45) is 11.8 Å². The zero-order valence-corrected chi connectivity index (χ0v) is 22.5. The van der Waals surface area contributed by atoms with E-state index in [2.05, 4.69) is 14.8 Å². The molecule has 3 fully saturated rings. The van der Waals surface area contributed by atoms with Crippen LogP contribution in [0, 0.1) is 11.8 Å². The number of carboxylic acid groups (broad SMARTS) is 1. The summed E-state index contributed by atoms with van der Waals surface area (Å²) < 4.78 is 5.48. The Morgan fingerprint density at radius 2 is 1.84 bits per heavy atom. The summed E-state index contributed by atoms with van der Waals surface area (Å²) in [6.45, 7) is 2.23. The summed E-state index contributed by atoms with van der Waals surface area (Å²) in [6, 6.07) is 7.82. The van der Waals surface area contributed by atoms with Gasteiger partial charge in [-0.25, -0.2) is 14.8 Å². The molecule has 2 aliphatic heterocycles. The van der Waals surface area contributed by atoms with Crippen LogP contribution in [-0.4, -0.2) is 64.6 Å². The van der Waals surface area contributed by atoms with E-state index in [9.17, 15) is 14.7 Å². The van der Waals surface area contributed by atoms with Crippen LogP contribution in [0.4, 0.5) is 5.95 Å². The average molecular weight is 521 g/mol. The molecule has 1 N–H and O–H groups in total. The van der Waals surface area contributed by atoms with Gasteiger partial charge < -0.3 is 19.6 Å². The van der Waals surface area contributed by atoms with Crippen molar-refractivity contribution in [3.63, 3.8) is 0 Å². The number of aryl methyl sites for hydroxylation is 1. The minimum absolute atomic E-state index is 0.105. The van der Waals surface area contributed by atoms with Gasteiger partial charge in [-0.2, -0.15) is 0 Å². The van der Waals surface area contributed by atoms with Crippen LogP contribution in [0.25, 0.3) is 0 Å². The van der Waals surface area contributed by atoms with Crippen molar-refractivity contribution in [3.05, 3.63) is 47.3 Å². The molecule has 1 saturated carbocycles. The van der Waals surface area contributed by atoms with E-state index < -0.39 is 5.97 Å². The number of hydrogen-bond acceptors (Lipinski definition) is 6. The first-order valence-corrected chi connectivity index (χ1v) is 14.3. The van der Waals surface area contributed by atoms with E-state index in [0.29, 0.717) is 42.9 Å². The first-order chi connectivity index (χ1) is 18.5. The van der Waals surface area contributed by atoms with E-state index in [-0.39, 0.29) is 17.5 Å². The topological polar surface area (TPSA) is 95.9 Å². The fourth-order valence-corrected chi connectivity index (χ4v) is 6.68. The lowest BCUT2D eigenvalue weighted by atomic mass is 9.85. The number of amides is 1. The number of ether oxygens (including phenoxy) is 1. The Labute approximate surface area is 225 Å². The molecule has 8 nitrogen and oxygen atoms in total. The molecular formula is C30H40N4O4. The lowest BCUT2D eigenvalue weighted by Gasteiger charge is -2.30. The van der Waals surface area contributed by atoms with Gasteiger partial charge in [-0.3, -0.25) is 4.79 Å². The first-order valence-electron chi connectivity index (χ1n) is 14.3. The predicted molar refractivity (Wildman–Crippen MR) is 146 cm³/mol. The monoisotopic (exact) mass is 520 g/mol. The van der Waals surface area contributed by atoms with E-state index >= 15 is 0 Å². The number of carbonyl (C=O) groups is 2. The van der Waals surface area contributed by atoms with E-state index in [4.69, 9.17) is 9.72 Å². The van der Waals surface area contributed by atoms with Crippen molar-refractivity contribution in [2.75, 3.05) is 31.6 Å². The van der Waals surface area contributed by atoms with Gasteiger partial charge in [0.15, 0.2) is 0 Å². The van der Waals surface area contributed by atoms with Crippen molar-refractivity contribution in [1.82, 2.24) is 14.9 Å². The molecule has 2 saturated heterocycles. The maximum Gasteiger partial charge on any atom is 0.339 e. The van der Waals surface area contributed by atoms with Crippen LogP contribution in [0.15, 0.2) is 30.5 Å². The highest BCUT2D eigenvalue weighted by Crippen LogP contribution is 2.33. The Balaban J connectivity index is 1.31. The van der Waals surface area contributed by atoms with Crippen LogP contribution in [-0.2, 0) is 17.6 Å². The molecule has 5 rings (SSSR count). The zero-order chi connectivity index (χ0) is 26.5. The summed E-state index contributed by atoms with van der Waals surface area (Å²) in [7, 11) is 1.64. The van der Waals surface area contributed by atoms with Crippen molar-refractivity contribution < 1.29 is 19.4 Å². The molecule has 1 aromatic carbocycles. The Kier molecular flexibility index (Phi) is 8.45. The number of anilines is 1. The number of carbonyl (C=O) groups excluding carboxylic acids is 1. The fraction of sp³-hybridized carbons (Fsp3) is 0.600. The normalized spacial score (nSPS) is 22.1. The highest BCUT2D eigenvalue weighted by Gasteiger charge is 2.40. The van der Waals surface area contributed by atoms with Gasteiger partial charge in [0, 0.05) is 31.4 Å². The number of fused-ring (bicyclic) bond motifs is 1. The first kappa shape index (κ1) is 26.4. The maximum atomic E-state index is 13.5. The van der Waals surface area contributed by atoms with E-state index in [1.54, 1.807) is 7.11 Å². The zero-order valence-electron chi connectivity index (χ0n) is 22.5. The molecule has 0 bridgehead atoms. The largest absolute Gasteiger partial charge is 0.496 e. The van der Waals surface area contributed by atoms with Crippen LogP contribution in [0.2, 0.25) is 0 Å². The lowest BCUT2D eigenvalue weighted by molar-refractivity contribution is -0.132. The summed E-state index contributed by atoms with van der Waals surface area (Å²) in [4.78, 5) is 39.0. The van der Waals surface area contributed by atoms with Gasteiger partial charge in [0.25, 0.3) is 0 Å². The number of hydrogen-bond donors (Lipinski definition) is 1. The molecule has 2 aromatic rings. The van der Waals surface area contributed by atoms with Crippen LogP contribution in [0.5, 0.6) is 5.75 Å². The number of rotatable bonds is 8. The Bertz CT molecular complexity index is 1130. The minimum atomic E-state index is -0.963. The highest BCUT2D eigenvalue weighted by atomic mass is 16.5. The summed E-state index contributed by atoms with van der Waals surface area (Å²) >= 11 is 0. The van der Waals surface area contributed by atoms with Gasteiger partial charge in [-0.15, -0.1) is 0 Å². The molecule has 0 radical (unpaired) electrons. The summed E-state index contributed by atoms with van der Waals surface area (Å²) in [6.07, 6.45) is 13.0. The third-order valence-electron chi connectivity index (χ3n) is 8.77. The Hall–Kier alpha value is -3.16. The van der Waals surface area contributed by atoms with Crippen LogP contribution >= 0.6 is 0 Å². The number of aromatic nitrogens is 2. The summed E-state index contributed by atoms with van der Waals surface area (Å²) in [5.74, 6) is 1.52. The molecule has 0 spiro atoms. The van der Waals surface area contributed by atoms with Gasteiger partial charge in [0.05, 0.1) is 30.8 Å². The SMILES string of the molecule is COc1ccccc1CC(=O)N1CCCC[C@H]2CN(c3ncc(C(=O)O)c(CCC4CCCCC4)n3)C[C@H]21. The van der Waals surface area contributed by atoms with Gasteiger partial charge >= 0.3 is 5.97 Å². The van der Waals surface area contributed by atoms with Crippen LogP contribution < -0.4 is 9.64 Å².